The Kier molecular flexibility index (Phi) is 62.4. The van der Waals surface area contributed by atoms with Gasteiger partial charge >= 0.3 is 5.97 Å². The van der Waals surface area contributed by atoms with Gasteiger partial charge in [0.1, 0.15) is 0 Å². The zero-order chi connectivity index (χ0) is 52.9. The lowest BCUT2D eigenvalue weighted by molar-refractivity contribution is -0.143. The van der Waals surface area contributed by atoms with Gasteiger partial charge < -0.3 is 20.3 Å². The number of aliphatic hydroxyl groups excluding tert-OH is 2. The number of ether oxygens (including phenoxy) is 1. The van der Waals surface area contributed by atoms with Crippen LogP contribution in [0.5, 0.6) is 0 Å². The number of aliphatic hydroxyl groups is 2. The van der Waals surface area contributed by atoms with Crippen LogP contribution in [-0.4, -0.2) is 47.4 Å². The van der Waals surface area contributed by atoms with Gasteiger partial charge in [-0.1, -0.05) is 354 Å². The number of unbranched alkanes of at least 4 members (excludes halogenated alkanes) is 53. The molecule has 1 amide bonds. The Morgan fingerprint density at radius 3 is 0.836 bits per heavy atom. The Hall–Kier alpha value is -1.14. The highest BCUT2D eigenvalue weighted by Crippen LogP contribution is 2.19. The van der Waals surface area contributed by atoms with E-state index < -0.39 is 12.1 Å². The molecule has 0 radical (unpaired) electrons. The van der Waals surface area contributed by atoms with E-state index in [9.17, 15) is 19.8 Å². The number of nitrogens with one attached hydrogen (secondary N) is 1. The molecule has 2 unspecified atom stereocenters. The Balaban J connectivity index is 3.29. The average Bonchev–Trinajstić information content (AvgIpc) is 3.39. The molecular weight excluding hydrogens is 899 g/mol. The van der Waals surface area contributed by atoms with Gasteiger partial charge in [-0.15, -0.1) is 0 Å². The van der Waals surface area contributed by atoms with Crippen LogP contribution in [0.2, 0.25) is 0 Å². The summed E-state index contributed by atoms with van der Waals surface area (Å²) in [6.07, 6.45) is 75.8. The van der Waals surface area contributed by atoms with Crippen LogP contribution in [0, 0.1) is 0 Å². The lowest BCUT2D eigenvalue weighted by Crippen LogP contribution is -2.45. The first-order valence-electron chi connectivity index (χ1n) is 33.8. The van der Waals surface area contributed by atoms with Crippen molar-refractivity contribution in [2.45, 2.75) is 405 Å². The lowest BCUT2D eigenvalue weighted by Gasteiger charge is -2.22. The molecule has 0 aliphatic heterocycles. The molecule has 0 spiro atoms. The SMILES string of the molecule is CCCCCCCCCCCCCCCCCCC(=O)OCCCCCCCCCCCCCCCCCCCCCCCCCCCCCCCC(=O)NC(CO)C(O)CCCCCCCCCCCCC. The van der Waals surface area contributed by atoms with Crippen molar-refractivity contribution in [2.75, 3.05) is 13.2 Å². The monoisotopic (exact) mass is 1030 g/mol. The molecule has 0 aliphatic rings. The number of carbonyl (C=O) groups is 2. The molecule has 0 bridgehead atoms. The van der Waals surface area contributed by atoms with Crippen molar-refractivity contribution in [2.24, 2.45) is 0 Å². The molecule has 436 valence electrons. The summed E-state index contributed by atoms with van der Waals surface area (Å²) in [5.74, 6) is -0.00601. The zero-order valence-electron chi connectivity index (χ0n) is 49.9. The first-order valence-corrected chi connectivity index (χ1v) is 33.8. The summed E-state index contributed by atoms with van der Waals surface area (Å²) in [5.41, 5.74) is 0. The summed E-state index contributed by atoms with van der Waals surface area (Å²) >= 11 is 0. The van der Waals surface area contributed by atoms with Crippen LogP contribution in [-0.2, 0) is 14.3 Å². The van der Waals surface area contributed by atoms with E-state index >= 15 is 0 Å². The van der Waals surface area contributed by atoms with E-state index in [4.69, 9.17) is 4.74 Å². The van der Waals surface area contributed by atoms with Crippen molar-refractivity contribution < 1.29 is 24.5 Å². The third kappa shape index (κ3) is 60.0. The van der Waals surface area contributed by atoms with Crippen molar-refractivity contribution in [3.63, 3.8) is 0 Å². The van der Waals surface area contributed by atoms with Crippen LogP contribution in [0.3, 0.4) is 0 Å². The van der Waals surface area contributed by atoms with Crippen LogP contribution < -0.4 is 5.32 Å². The van der Waals surface area contributed by atoms with Crippen molar-refractivity contribution in [3.8, 4) is 0 Å². The standard InChI is InChI=1S/C67H133NO5/c1-3-5-7-9-11-13-15-16-17-34-37-41-45-49-53-57-61-67(72)73-62-58-54-50-46-42-38-35-32-30-28-26-24-22-20-18-19-21-23-25-27-29-31-33-36-40-44-48-52-56-60-66(71)68-64(63-69)65(70)59-55-51-47-43-39-14-12-10-8-6-4-2/h64-65,69-70H,3-63H2,1-2H3,(H,68,71). The van der Waals surface area contributed by atoms with E-state index in [0.29, 0.717) is 25.9 Å². The fraction of sp³-hybridized carbons (Fsp3) is 0.970. The Morgan fingerprint density at radius 1 is 0.329 bits per heavy atom. The Morgan fingerprint density at radius 2 is 0.562 bits per heavy atom. The second kappa shape index (κ2) is 63.4. The van der Waals surface area contributed by atoms with Gasteiger partial charge in [-0.2, -0.15) is 0 Å². The number of carbonyl (C=O) groups excluding carboxylic acids is 2. The third-order valence-electron chi connectivity index (χ3n) is 16.2. The minimum Gasteiger partial charge on any atom is -0.466 e. The van der Waals surface area contributed by atoms with E-state index in [1.807, 2.05) is 0 Å². The lowest BCUT2D eigenvalue weighted by atomic mass is 10.0. The van der Waals surface area contributed by atoms with Crippen molar-refractivity contribution in [1.29, 1.82) is 0 Å². The molecule has 0 rings (SSSR count). The molecule has 73 heavy (non-hydrogen) atoms. The number of amides is 1. The van der Waals surface area contributed by atoms with Gasteiger partial charge in [0.25, 0.3) is 0 Å². The van der Waals surface area contributed by atoms with Crippen molar-refractivity contribution in [3.05, 3.63) is 0 Å². The fourth-order valence-corrected chi connectivity index (χ4v) is 11.0. The number of esters is 1. The van der Waals surface area contributed by atoms with Gasteiger partial charge in [-0.3, -0.25) is 9.59 Å². The first-order chi connectivity index (χ1) is 36.0. The number of hydrogen-bond donors (Lipinski definition) is 3. The maximum absolute atomic E-state index is 12.5. The van der Waals surface area contributed by atoms with Gasteiger partial charge in [-0.05, 0) is 25.7 Å². The molecule has 0 aromatic rings. The highest BCUT2D eigenvalue weighted by Gasteiger charge is 2.20. The largest absolute Gasteiger partial charge is 0.466 e. The van der Waals surface area contributed by atoms with Crippen LogP contribution in [0.4, 0.5) is 0 Å². The molecule has 0 fully saturated rings. The molecule has 6 nitrogen and oxygen atoms in total. The smallest absolute Gasteiger partial charge is 0.305 e. The van der Waals surface area contributed by atoms with Crippen LogP contribution >= 0.6 is 0 Å². The van der Waals surface area contributed by atoms with Gasteiger partial charge in [-0.25, -0.2) is 0 Å². The predicted molar refractivity (Wildman–Crippen MR) is 320 cm³/mol. The minimum absolute atomic E-state index is 0.0239. The molecule has 0 saturated carbocycles. The summed E-state index contributed by atoms with van der Waals surface area (Å²) < 4.78 is 5.50. The minimum atomic E-state index is -0.659. The molecule has 3 N–H and O–H groups in total. The summed E-state index contributed by atoms with van der Waals surface area (Å²) in [4.78, 5) is 24.5. The Labute approximate surface area is 457 Å². The van der Waals surface area contributed by atoms with E-state index in [-0.39, 0.29) is 18.5 Å². The number of hydrogen-bond acceptors (Lipinski definition) is 5. The van der Waals surface area contributed by atoms with Crippen molar-refractivity contribution in [1.82, 2.24) is 5.32 Å². The van der Waals surface area contributed by atoms with E-state index in [0.717, 1.165) is 38.5 Å². The molecule has 0 aromatic carbocycles. The molecular formula is C67H133NO5. The molecule has 0 heterocycles. The summed E-state index contributed by atoms with van der Waals surface area (Å²) in [7, 11) is 0. The van der Waals surface area contributed by atoms with E-state index in [2.05, 4.69) is 19.2 Å². The topological polar surface area (TPSA) is 95.9 Å². The van der Waals surface area contributed by atoms with E-state index in [1.165, 1.54) is 321 Å². The number of rotatable bonds is 64. The molecule has 0 aromatic heterocycles. The maximum atomic E-state index is 12.5. The maximum Gasteiger partial charge on any atom is 0.305 e. The van der Waals surface area contributed by atoms with Gasteiger partial charge in [0.2, 0.25) is 5.91 Å². The van der Waals surface area contributed by atoms with Crippen LogP contribution in [0.15, 0.2) is 0 Å². The van der Waals surface area contributed by atoms with E-state index in [1.54, 1.807) is 0 Å². The van der Waals surface area contributed by atoms with Gasteiger partial charge in [0, 0.05) is 12.8 Å². The zero-order valence-corrected chi connectivity index (χ0v) is 49.9. The second-order valence-corrected chi connectivity index (χ2v) is 23.5. The fourth-order valence-electron chi connectivity index (χ4n) is 11.0. The summed E-state index contributed by atoms with van der Waals surface area (Å²) in [6.45, 7) is 4.99. The summed E-state index contributed by atoms with van der Waals surface area (Å²) in [6, 6.07) is -0.536. The second-order valence-electron chi connectivity index (χ2n) is 23.5. The van der Waals surface area contributed by atoms with Crippen LogP contribution in [0.1, 0.15) is 393 Å². The third-order valence-corrected chi connectivity index (χ3v) is 16.2. The highest BCUT2D eigenvalue weighted by atomic mass is 16.5. The van der Waals surface area contributed by atoms with Crippen LogP contribution in [0.25, 0.3) is 0 Å². The first kappa shape index (κ1) is 71.9. The molecule has 2 atom stereocenters. The molecule has 0 aliphatic carbocycles. The highest BCUT2D eigenvalue weighted by molar-refractivity contribution is 5.76. The predicted octanol–water partition coefficient (Wildman–Crippen LogP) is 21.4. The van der Waals surface area contributed by atoms with Crippen molar-refractivity contribution >= 4 is 11.9 Å². The summed E-state index contributed by atoms with van der Waals surface area (Å²) in [5, 5.41) is 23.2. The molecule has 0 saturated heterocycles. The van der Waals surface area contributed by atoms with Gasteiger partial charge in [0.05, 0.1) is 25.4 Å². The molecule has 6 heteroatoms. The normalized spacial score (nSPS) is 12.4. The average molecular weight is 1030 g/mol. The quantitative estimate of drug-likeness (QED) is 0.0417. The van der Waals surface area contributed by atoms with Gasteiger partial charge in [0.15, 0.2) is 0 Å². The Bertz CT molecular complexity index is 1050.